The first-order chi connectivity index (χ1) is 14.6. The molecule has 2 aromatic carbocycles. The summed E-state index contributed by atoms with van der Waals surface area (Å²) in [4.78, 5) is 23.0. The average Bonchev–Trinajstić information content (AvgIpc) is 3.30. The van der Waals surface area contributed by atoms with Gasteiger partial charge in [0.25, 0.3) is 0 Å². The number of para-hydroxylation sites is 1. The van der Waals surface area contributed by atoms with Crippen molar-refractivity contribution >= 4 is 23.4 Å². The Kier molecular flexibility index (Phi) is 5.38. The van der Waals surface area contributed by atoms with Crippen molar-refractivity contribution in [1.29, 1.82) is 0 Å². The van der Waals surface area contributed by atoms with E-state index in [9.17, 15) is 4.79 Å². The topological polar surface area (TPSA) is 96.0 Å². The first-order valence-electron chi connectivity index (χ1n) is 9.30. The molecule has 2 N–H and O–H groups in total. The third-order valence-electron chi connectivity index (χ3n) is 4.49. The van der Waals surface area contributed by atoms with Gasteiger partial charge in [0, 0.05) is 30.7 Å². The van der Waals surface area contributed by atoms with Gasteiger partial charge in [0.1, 0.15) is 5.75 Å². The number of aromatic amines is 1. The van der Waals surface area contributed by atoms with Crippen LogP contribution in [0.25, 0.3) is 11.3 Å². The molecule has 4 rings (SSSR count). The molecule has 0 aliphatic rings. The van der Waals surface area contributed by atoms with E-state index in [4.69, 9.17) is 9.72 Å². The minimum Gasteiger partial charge on any atom is -0.410 e. The normalized spacial score (nSPS) is 10.5. The van der Waals surface area contributed by atoms with E-state index in [1.807, 2.05) is 49.2 Å². The number of anilines is 3. The molecular formula is C22H20N6O2. The number of aryl methyl sites for hydroxylation is 1. The standard InChI is InChI=1S/C22H20N6O2/c1-15-12-23-21(28(2)18-13-24-25-14-18)27-20(15)16-8-10-17(11-9-16)26-22(29)30-19-6-4-3-5-7-19/h3-14H,1-2H3,(H,24,25)(H,26,29). The van der Waals surface area contributed by atoms with E-state index < -0.39 is 6.09 Å². The van der Waals surface area contributed by atoms with Crippen molar-refractivity contribution in [1.82, 2.24) is 20.2 Å². The highest BCUT2D eigenvalue weighted by atomic mass is 16.6. The smallest absolute Gasteiger partial charge is 0.410 e. The Labute approximate surface area is 173 Å². The fraction of sp³-hybridized carbons (Fsp3) is 0.0909. The van der Waals surface area contributed by atoms with Crippen LogP contribution >= 0.6 is 0 Å². The number of H-pyrrole nitrogens is 1. The monoisotopic (exact) mass is 400 g/mol. The van der Waals surface area contributed by atoms with Crippen molar-refractivity contribution in [2.45, 2.75) is 6.92 Å². The average molecular weight is 400 g/mol. The molecule has 0 radical (unpaired) electrons. The Bertz CT molecular complexity index is 1130. The summed E-state index contributed by atoms with van der Waals surface area (Å²) in [6, 6.07) is 16.3. The number of ether oxygens (including phenoxy) is 1. The van der Waals surface area contributed by atoms with E-state index in [0.29, 0.717) is 17.4 Å². The highest BCUT2D eigenvalue weighted by Crippen LogP contribution is 2.26. The largest absolute Gasteiger partial charge is 0.417 e. The lowest BCUT2D eigenvalue weighted by Gasteiger charge is -2.16. The van der Waals surface area contributed by atoms with Gasteiger partial charge in [-0.25, -0.2) is 14.8 Å². The SMILES string of the molecule is Cc1cnc(N(C)c2cn[nH]c2)nc1-c1ccc(NC(=O)Oc2ccccc2)cc1. The van der Waals surface area contributed by atoms with Crippen molar-refractivity contribution in [2.75, 3.05) is 17.3 Å². The fourth-order valence-corrected chi connectivity index (χ4v) is 2.88. The Balaban J connectivity index is 1.49. The van der Waals surface area contributed by atoms with Crippen LogP contribution < -0.4 is 15.0 Å². The van der Waals surface area contributed by atoms with Crippen molar-refractivity contribution in [2.24, 2.45) is 0 Å². The summed E-state index contributed by atoms with van der Waals surface area (Å²) in [5.74, 6) is 1.04. The molecule has 2 aromatic heterocycles. The first-order valence-corrected chi connectivity index (χ1v) is 9.30. The van der Waals surface area contributed by atoms with Crippen LogP contribution in [0.15, 0.2) is 73.2 Å². The Morgan fingerprint density at radius 1 is 1.07 bits per heavy atom. The lowest BCUT2D eigenvalue weighted by atomic mass is 10.1. The summed E-state index contributed by atoms with van der Waals surface area (Å²) in [7, 11) is 1.88. The second-order valence-electron chi connectivity index (χ2n) is 6.62. The third-order valence-corrected chi connectivity index (χ3v) is 4.49. The number of amides is 1. The van der Waals surface area contributed by atoms with Gasteiger partial charge in [0.2, 0.25) is 5.95 Å². The number of hydrogen-bond acceptors (Lipinski definition) is 6. The van der Waals surface area contributed by atoms with Crippen molar-refractivity contribution in [3.63, 3.8) is 0 Å². The lowest BCUT2D eigenvalue weighted by molar-refractivity contribution is 0.215. The molecule has 0 saturated carbocycles. The van der Waals surface area contributed by atoms with Crippen molar-refractivity contribution in [3.8, 4) is 17.0 Å². The molecule has 0 unspecified atom stereocenters. The van der Waals surface area contributed by atoms with Gasteiger partial charge in [-0.15, -0.1) is 0 Å². The van der Waals surface area contributed by atoms with E-state index in [1.54, 1.807) is 42.9 Å². The van der Waals surface area contributed by atoms with Crippen LogP contribution in [-0.2, 0) is 0 Å². The minimum absolute atomic E-state index is 0.484. The number of nitrogens with one attached hydrogen (secondary N) is 2. The van der Waals surface area contributed by atoms with E-state index in [0.717, 1.165) is 22.5 Å². The second kappa shape index (κ2) is 8.44. The number of carbonyl (C=O) groups is 1. The zero-order valence-corrected chi connectivity index (χ0v) is 16.5. The molecule has 30 heavy (non-hydrogen) atoms. The van der Waals surface area contributed by atoms with Crippen molar-refractivity contribution in [3.05, 3.63) is 78.8 Å². The van der Waals surface area contributed by atoms with Gasteiger partial charge < -0.3 is 9.64 Å². The van der Waals surface area contributed by atoms with Crippen LogP contribution in [0.4, 0.5) is 22.1 Å². The summed E-state index contributed by atoms with van der Waals surface area (Å²) in [6.07, 6.45) is 4.73. The predicted molar refractivity (Wildman–Crippen MR) is 115 cm³/mol. The van der Waals surface area contributed by atoms with E-state index in [1.165, 1.54) is 0 Å². The van der Waals surface area contributed by atoms with Crippen molar-refractivity contribution < 1.29 is 9.53 Å². The first kappa shape index (κ1) is 19.1. The Hall–Kier alpha value is -4.20. The minimum atomic E-state index is -0.545. The molecule has 2 heterocycles. The number of carbonyl (C=O) groups excluding carboxylic acids is 1. The number of hydrogen-bond donors (Lipinski definition) is 2. The zero-order chi connectivity index (χ0) is 20.9. The lowest BCUT2D eigenvalue weighted by Crippen LogP contribution is -2.16. The fourth-order valence-electron chi connectivity index (χ4n) is 2.88. The number of benzene rings is 2. The maximum absolute atomic E-state index is 12.1. The van der Waals surface area contributed by atoms with Crippen LogP contribution in [-0.4, -0.2) is 33.3 Å². The number of rotatable bonds is 5. The molecule has 0 spiro atoms. The third kappa shape index (κ3) is 4.27. The summed E-state index contributed by atoms with van der Waals surface area (Å²) in [6.45, 7) is 1.96. The molecule has 0 atom stereocenters. The van der Waals surface area contributed by atoms with Gasteiger partial charge in [-0.3, -0.25) is 10.4 Å². The van der Waals surface area contributed by atoms with Crippen LogP contribution in [0.5, 0.6) is 5.75 Å². The molecule has 150 valence electrons. The van der Waals surface area contributed by atoms with Crippen LogP contribution in [0.3, 0.4) is 0 Å². The van der Waals surface area contributed by atoms with Gasteiger partial charge in [-0.05, 0) is 36.8 Å². The molecule has 8 heteroatoms. The van der Waals surface area contributed by atoms with E-state index in [-0.39, 0.29) is 0 Å². The highest BCUT2D eigenvalue weighted by molar-refractivity contribution is 5.86. The maximum Gasteiger partial charge on any atom is 0.417 e. The van der Waals surface area contributed by atoms with E-state index >= 15 is 0 Å². The molecule has 0 aliphatic heterocycles. The summed E-state index contributed by atoms with van der Waals surface area (Å²) >= 11 is 0. The quantitative estimate of drug-likeness (QED) is 0.510. The van der Waals surface area contributed by atoms with Crippen LogP contribution in [0.1, 0.15) is 5.56 Å². The van der Waals surface area contributed by atoms with Crippen LogP contribution in [0, 0.1) is 6.92 Å². The molecule has 1 amide bonds. The van der Waals surface area contributed by atoms with E-state index in [2.05, 4.69) is 20.5 Å². The maximum atomic E-state index is 12.1. The van der Waals surface area contributed by atoms with Crippen LogP contribution in [0.2, 0.25) is 0 Å². The molecule has 0 fully saturated rings. The molecule has 0 bridgehead atoms. The van der Waals surface area contributed by atoms with Gasteiger partial charge in [0.05, 0.1) is 17.6 Å². The molecule has 0 saturated heterocycles. The number of nitrogens with zero attached hydrogens (tertiary/aromatic N) is 4. The second-order valence-corrected chi connectivity index (χ2v) is 6.62. The Morgan fingerprint density at radius 3 is 2.53 bits per heavy atom. The number of aromatic nitrogens is 4. The van der Waals surface area contributed by atoms with Gasteiger partial charge in [-0.1, -0.05) is 30.3 Å². The van der Waals surface area contributed by atoms with Gasteiger partial charge in [-0.2, -0.15) is 5.10 Å². The zero-order valence-electron chi connectivity index (χ0n) is 16.5. The molecule has 8 nitrogen and oxygen atoms in total. The summed E-state index contributed by atoms with van der Waals surface area (Å²) in [5, 5.41) is 9.46. The Morgan fingerprint density at radius 2 is 1.83 bits per heavy atom. The summed E-state index contributed by atoms with van der Waals surface area (Å²) < 4.78 is 5.25. The molecule has 0 aliphatic carbocycles. The van der Waals surface area contributed by atoms with Gasteiger partial charge >= 0.3 is 6.09 Å². The molecular weight excluding hydrogens is 380 g/mol. The highest BCUT2D eigenvalue weighted by Gasteiger charge is 2.12. The summed E-state index contributed by atoms with van der Waals surface area (Å²) in [5.41, 5.74) is 4.17. The molecule has 4 aromatic rings. The van der Waals surface area contributed by atoms with Gasteiger partial charge in [0.15, 0.2) is 0 Å². The predicted octanol–water partition coefficient (Wildman–Crippen LogP) is 4.55.